The predicted octanol–water partition coefficient (Wildman–Crippen LogP) is 3.56. The first-order valence-corrected chi connectivity index (χ1v) is 7.08. The molecule has 0 aromatic carbocycles. The summed E-state index contributed by atoms with van der Waals surface area (Å²) in [6.45, 7) is 6.16. The second-order valence-corrected chi connectivity index (χ2v) is 5.27. The van der Waals surface area contributed by atoms with Crippen LogP contribution in [0.1, 0.15) is 38.6 Å². The van der Waals surface area contributed by atoms with E-state index in [0.717, 1.165) is 6.42 Å². The van der Waals surface area contributed by atoms with E-state index in [9.17, 15) is 13.2 Å². The third-order valence-electron chi connectivity index (χ3n) is 3.12. The molecule has 1 rings (SSSR count). The number of rotatable bonds is 6. The van der Waals surface area contributed by atoms with E-state index in [1.165, 1.54) is 4.90 Å². The third kappa shape index (κ3) is 4.75. The fraction of sp³-hybridized carbons (Fsp3) is 0.714. The zero-order valence-corrected chi connectivity index (χ0v) is 13.2. The number of nitrogens with zero attached hydrogens (tertiary/aromatic N) is 3. The Bertz CT molecular complexity index is 472. The first-order valence-electron chi connectivity index (χ1n) is 7.08. The fourth-order valence-corrected chi connectivity index (χ4v) is 2.10. The van der Waals surface area contributed by atoms with Gasteiger partial charge in [0.25, 0.3) is 0 Å². The Morgan fingerprint density at radius 1 is 1.24 bits per heavy atom. The average molecular weight is 304 g/mol. The van der Waals surface area contributed by atoms with E-state index in [1.807, 2.05) is 6.92 Å². The molecule has 1 heterocycles. The highest BCUT2D eigenvalue weighted by molar-refractivity contribution is 5.59. The lowest BCUT2D eigenvalue weighted by atomic mass is 10.2. The lowest BCUT2D eigenvalue weighted by Gasteiger charge is -2.30. The van der Waals surface area contributed by atoms with Crippen molar-refractivity contribution in [3.8, 4) is 0 Å². The molecule has 0 saturated carbocycles. The maximum Gasteiger partial charge on any atom is 0.405 e. The van der Waals surface area contributed by atoms with Crippen LogP contribution in [0, 0.1) is 6.92 Å². The van der Waals surface area contributed by atoms with Crippen molar-refractivity contribution >= 4 is 11.6 Å². The minimum atomic E-state index is -4.27. The standard InChI is InChI=1S/C14H23F3N4/c1-6-7-11-19-12(18-5)10(4)13(20-11)21(9(2)3)8-14(15,16)17/h9H,6-8H2,1-5H3,(H,18,19,20). The zero-order chi connectivity index (χ0) is 16.2. The van der Waals surface area contributed by atoms with Crippen LogP contribution in [0.4, 0.5) is 24.8 Å². The highest BCUT2D eigenvalue weighted by Crippen LogP contribution is 2.28. The van der Waals surface area contributed by atoms with Crippen LogP contribution in [-0.2, 0) is 6.42 Å². The molecule has 0 atom stereocenters. The van der Waals surface area contributed by atoms with Crippen molar-refractivity contribution in [1.29, 1.82) is 0 Å². The molecule has 1 aromatic heterocycles. The van der Waals surface area contributed by atoms with Crippen LogP contribution < -0.4 is 10.2 Å². The molecule has 120 valence electrons. The molecule has 0 aliphatic carbocycles. The summed E-state index contributed by atoms with van der Waals surface area (Å²) in [5.74, 6) is 1.50. The molecule has 1 N–H and O–H groups in total. The van der Waals surface area contributed by atoms with Gasteiger partial charge >= 0.3 is 6.18 Å². The molecule has 0 bridgehead atoms. The lowest BCUT2D eigenvalue weighted by Crippen LogP contribution is -2.40. The first-order chi connectivity index (χ1) is 9.69. The molecule has 0 aliphatic rings. The molecule has 1 aromatic rings. The van der Waals surface area contributed by atoms with Crippen LogP contribution >= 0.6 is 0 Å². The van der Waals surface area contributed by atoms with Crippen LogP contribution in [0.25, 0.3) is 0 Å². The van der Waals surface area contributed by atoms with Gasteiger partial charge in [-0.2, -0.15) is 13.2 Å². The Morgan fingerprint density at radius 3 is 2.29 bits per heavy atom. The van der Waals surface area contributed by atoms with Gasteiger partial charge in [0.2, 0.25) is 0 Å². The number of anilines is 2. The maximum absolute atomic E-state index is 12.8. The van der Waals surface area contributed by atoms with Crippen LogP contribution in [0.3, 0.4) is 0 Å². The molecule has 0 fully saturated rings. The number of nitrogens with one attached hydrogen (secondary N) is 1. The van der Waals surface area contributed by atoms with Gasteiger partial charge in [0.1, 0.15) is 24.0 Å². The van der Waals surface area contributed by atoms with Crippen molar-refractivity contribution in [2.45, 2.75) is 52.8 Å². The number of hydrogen-bond donors (Lipinski definition) is 1. The van der Waals surface area contributed by atoms with Gasteiger partial charge < -0.3 is 10.2 Å². The lowest BCUT2D eigenvalue weighted by molar-refractivity contribution is -0.120. The third-order valence-corrected chi connectivity index (χ3v) is 3.12. The first kappa shape index (κ1) is 17.5. The predicted molar refractivity (Wildman–Crippen MR) is 78.8 cm³/mol. The highest BCUT2D eigenvalue weighted by atomic mass is 19.4. The summed E-state index contributed by atoms with van der Waals surface area (Å²) in [7, 11) is 1.71. The zero-order valence-electron chi connectivity index (χ0n) is 13.2. The second-order valence-electron chi connectivity index (χ2n) is 5.27. The van der Waals surface area contributed by atoms with Crippen LogP contribution in [0.2, 0.25) is 0 Å². The minimum Gasteiger partial charge on any atom is -0.373 e. The van der Waals surface area contributed by atoms with E-state index < -0.39 is 12.7 Å². The summed E-state index contributed by atoms with van der Waals surface area (Å²) in [4.78, 5) is 9.98. The minimum absolute atomic E-state index is 0.306. The number of hydrogen-bond acceptors (Lipinski definition) is 4. The molecule has 0 aliphatic heterocycles. The van der Waals surface area contributed by atoms with E-state index in [2.05, 4.69) is 15.3 Å². The molecule has 0 amide bonds. The number of aryl methyl sites for hydroxylation is 1. The molecule has 7 heteroatoms. The summed E-state index contributed by atoms with van der Waals surface area (Å²) in [6.07, 6.45) is -2.79. The highest BCUT2D eigenvalue weighted by Gasteiger charge is 2.33. The second kappa shape index (κ2) is 6.95. The Kier molecular flexibility index (Phi) is 5.80. The van der Waals surface area contributed by atoms with Gasteiger partial charge in [-0.15, -0.1) is 0 Å². The number of aromatic nitrogens is 2. The fourth-order valence-electron chi connectivity index (χ4n) is 2.10. The van der Waals surface area contributed by atoms with Gasteiger partial charge in [-0.25, -0.2) is 9.97 Å². The molecule has 21 heavy (non-hydrogen) atoms. The van der Waals surface area contributed by atoms with E-state index in [4.69, 9.17) is 0 Å². The van der Waals surface area contributed by atoms with Crippen molar-refractivity contribution in [3.05, 3.63) is 11.4 Å². The van der Waals surface area contributed by atoms with Crippen LogP contribution in [-0.4, -0.2) is 35.8 Å². The summed E-state index contributed by atoms with van der Waals surface area (Å²) >= 11 is 0. The Hall–Kier alpha value is -1.53. The van der Waals surface area contributed by atoms with E-state index in [-0.39, 0.29) is 6.04 Å². The smallest absolute Gasteiger partial charge is 0.373 e. The van der Waals surface area contributed by atoms with Gasteiger partial charge in [0.05, 0.1) is 0 Å². The van der Waals surface area contributed by atoms with Crippen LogP contribution in [0.15, 0.2) is 0 Å². The van der Waals surface area contributed by atoms with E-state index in [1.54, 1.807) is 27.8 Å². The van der Waals surface area contributed by atoms with Crippen molar-refractivity contribution in [3.63, 3.8) is 0 Å². The average Bonchev–Trinajstić information content (AvgIpc) is 2.37. The van der Waals surface area contributed by atoms with Crippen molar-refractivity contribution in [2.24, 2.45) is 0 Å². The molecule has 0 radical (unpaired) electrons. The number of alkyl halides is 3. The molecular formula is C14H23F3N4. The van der Waals surface area contributed by atoms with E-state index >= 15 is 0 Å². The van der Waals surface area contributed by atoms with Gasteiger partial charge in [0, 0.05) is 25.1 Å². The van der Waals surface area contributed by atoms with Crippen molar-refractivity contribution in [2.75, 3.05) is 23.8 Å². The largest absolute Gasteiger partial charge is 0.405 e. The topological polar surface area (TPSA) is 41.1 Å². The Morgan fingerprint density at radius 2 is 1.86 bits per heavy atom. The van der Waals surface area contributed by atoms with E-state index in [0.29, 0.717) is 29.4 Å². The van der Waals surface area contributed by atoms with Crippen LogP contribution in [0.5, 0.6) is 0 Å². The van der Waals surface area contributed by atoms with Gasteiger partial charge in [0.15, 0.2) is 0 Å². The normalized spacial score (nSPS) is 11.9. The van der Waals surface area contributed by atoms with Gasteiger partial charge in [-0.05, 0) is 27.2 Å². The number of halogens is 3. The maximum atomic E-state index is 12.8. The molecule has 0 spiro atoms. The molecular weight excluding hydrogens is 281 g/mol. The quantitative estimate of drug-likeness (QED) is 0.872. The molecule has 0 unspecified atom stereocenters. The van der Waals surface area contributed by atoms with Gasteiger partial charge in [-0.1, -0.05) is 6.92 Å². The summed E-state index contributed by atoms with van der Waals surface area (Å²) in [5, 5.41) is 2.93. The summed E-state index contributed by atoms with van der Waals surface area (Å²) < 4.78 is 38.4. The SMILES string of the molecule is CCCc1nc(NC)c(C)c(N(CC(F)(F)F)C(C)C)n1. The van der Waals surface area contributed by atoms with Crippen molar-refractivity contribution < 1.29 is 13.2 Å². The Balaban J connectivity index is 3.31. The molecule has 0 saturated heterocycles. The summed E-state index contributed by atoms with van der Waals surface area (Å²) in [5.41, 5.74) is 0.635. The Labute approximate surface area is 123 Å². The van der Waals surface area contributed by atoms with Crippen molar-refractivity contribution in [1.82, 2.24) is 9.97 Å². The monoisotopic (exact) mass is 304 g/mol. The van der Waals surface area contributed by atoms with Gasteiger partial charge in [-0.3, -0.25) is 0 Å². The summed E-state index contributed by atoms with van der Waals surface area (Å²) in [6, 6.07) is -0.306. The molecule has 4 nitrogen and oxygen atoms in total.